The Morgan fingerprint density at radius 1 is 1.14 bits per heavy atom. The van der Waals surface area contributed by atoms with Gasteiger partial charge in [0.1, 0.15) is 10.0 Å². The number of halogens is 2. The third-order valence-electron chi connectivity index (χ3n) is 2.71. The van der Waals surface area contributed by atoms with E-state index in [9.17, 15) is 8.42 Å². The molecule has 2 heterocycles. The van der Waals surface area contributed by atoms with Crippen molar-refractivity contribution >= 4 is 38.9 Å². The fourth-order valence-electron chi connectivity index (χ4n) is 1.72. The number of nitrogens with one attached hydrogen (secondary N) is 1. The fraction of sp³-hybridized carbons (Fsp3) is 0.0833. The summed E-state index contributed by atoms with van der Waals surface area (Å²) in [7, 11) is -3.82. The summed E-state index contributed by atoms with van der Waals surface area (Å²) in [6.45, 7) is 0.113. The number of benzene rings is 1. The van der Waals surface area contributed by atoms with Gasteiger partial charge in [-0.15, -0.1) is 0 Å². The average molecular weight is 347 g/mol. The number of aromatic nitrogens is 1. The van der Waals surface area contributed by atoms with Gasteiger partial charge < -0.3 is 9.47 Å². The highest BCUT2D eigenvalue weighted by atomic mass is 35.5. The molecule has 1 aromatic carbocycles. The maximum Gasteiger partial charge on any atom is 0.263 e. The lowest BCUT2D eigenvalue weighted by Gasteiger charge is -2.09. The zero-order chi connectivity index (χ0) is 15.0. The standard InChI is InChI=1S/C12H8Cl2N2O4S/c13-9-4-8(5-15-12(9)14)21(17,18)16-7-1-2-10-11(3-7)20-6-19-10/h1-5,16H,6H2. The quantitative estimate of drug-likeness (QED) is 0.864. The van der Waals surface area contributed by atoms with Crippen molar-refractivity contribution < 1.29 is 17.9 Å². The molecule has 0 saturated carbocycles. The van der Waals surface area contributed by atoms with Crippen LogP contribution in [0.4, 0.5) is 5.69 Å². The normalized spacial score (nSPS) is 13.2. The minimum absolute atomic E-state index is 0.0405. The van der Waals surface area contributed by atoms with Crippen molar-refractivity contribution in [2.45, 2.75) is 4.90 Å². The van der Waals surface area contributed by atoms with Crippen LogP contribution < -0.4 is 14.2 Å². The Bertz CT molecular complexity index is 811. The molecule has 21 heavy (non-hydrogen) atoms. The van der Waals surface area contributed by atoms with Crippen LogP contribution in [0.15, 0.2) is 35.4 Å². The summed E-state index contributed by atoms with van der Waals surface area (Å²) in [4.78, 5) is 3.63. The highest BCUT2D eigenvalue weighted by molar-refractivity contribution is 7.92. The van der Waals surface area contributed by atoms with E-state index in [2.05, 4.69) is 9.71 Å². The third kappa shape index (κ3) is 2.85. The molecule has 1 N–H and O–H groups in total. The second-order valence-electron chi connectivity index (χ2n) is 4.12. The van der Waals surface area contributed by atoms with Crippen LogP contribution in [0, 0.1) is 0 Å². The van der Waals surface area contributed by atoms with Crippen LogP contribution in [0.1, 0.15) is 0 Å². The Labute approximate surface area is 130 Å². The number of rotatable bonds is 3. The molecule has 0 amide bonds. The minimum atomic E-state index is -3.82. The number of sulfonamides is 1. The first-order valence-corrected chi connectivity index (χ1v) is 7.93. The summed E-state index contributed by atoms with van der Waals surface area (Å²) >= 11 is 11.4. The minimum Gasteiger partial charge on any atom is -0.454 e. The van der Waals surface area contributed by atoms with Crippen LogP contribution in [0.3, 0.4) is 0 Å². The van der Waals surface area contributed by atoms with Gasteiger partial charge in [0.25, 0.3) is 10.0 Å². The van der Waals surface area contributed by atoms with Crippen molar-refractivity contribution in [3.05, 3.63) is 40.6 Å². The predicted octanol–water partition coefficient (Wildman–Crippen LogP) is 2.92. The van der Waals surface area contributed by atoms with Crippen LogP contribution in [-0.4, -0.2) is 20.2 Å². The van der Waals surface area contributed by atoms with Gasteiger partial charge in [0, 0.05) is 12.3 Å². The largest absolute Gasteiger partial charge is 0.454 e. The first-order chi connectivity index (χ1) is 9.95. The Balaban J connectivity index is 1.90. The van der Waals surface area contributed by atoms with E-state index in [0.717, 1.165) is 6.20 Å². The van der Waals surface area contributed by atoms with Crippen molar-refractivity contribution in [3.8, 4) is 11.5 Å². The maximum absolute atomic E-state index is 12.2. The molecule has 1 aliphatic heterocycles. The van der Waals surface area contributed by atoms with E-state index in [1.54, 1.807) is 12.1 Å². The van der Waals surface area contributed by atoms with Crippen molar-refractivity contribution in [1.82, 2.24) is 4.98 Å². The van der Waals surface area contributed by atoms with Gasteiger partial charge in [-0.25, -0.2) is 13.4 Å². The Hall–Kier alpha value is -1.70. The molecule has 110 valence electrons. The van der Waals surface area contributed by atoms with E-state index >= 15 is 0 Å². The van der Waals surface area contributed by atoms with Gasteiger partial charge in [0.15, 0.2) is 11.5 Å². The van der Waals surface area contributed by atoms with Gasteiger partial charge in [-0.1, -0.05) is 23.2 Å². The summed E-state index contributed by atoms with van der Waals surface area (Å²) in [5, 5.41) is 0.101. The summed E-state index contributed by atoms with van der Waals surface area (Å²) in [6.07, 6.45) is 1.13. The van der Waals surface area contributed by atoms with Gasteiger partial charge in [-0.3, -0.25) is 4.72 Å². The number of ether oxygens (including phenoxy) is 2. The summed E-state index contributed by atoms with van der Waals surface area (Å²) in [6, 6.07) is 5.94. The van der Waals surface area contributed by atoms with Crippen LogP contribution in [-0.2, 0) is 10.0 Å². The van der Waals surface area contributed by atoms with Gasteiger partial charge in [-0.2, -0.15) is 0 Å². The van der Waals surface area contributed by atoms with E-state index in [4.69, 9.17) is 32.7 Å². The molecule has 9 heteroatoms. The van der Waals surface area contributed by atoms with E-state index < -0.39 is 10.0 Å². The van der Waals surface area contributed by atoms with Crippen LogP contribution in [0.5, 0.6) is 11.5 Å². The molecule has 0 fully saturated rings. The molecule has 0 bridgehead atoms. The Morgan fingerprint density at radius 3 is 2.67 bits per heavy atom. The van der Waals surface area contributed by atoms with Gasteiger partial charge in [0.2, 0.25) is 6.79 Å². The topological polar surface area (TPSA) is 77.5 Å². The number of pyridine rings is 1. The van der Waals surface area contributed by atoms with Crippen molar-refractivity contribution in [3.63, 3.8) is 0 Å². The van der Waals surface area contributed by atoms with Crippen molar-refractivity contribution in [1.29, 1.82) is 0 Å². The Kier molecular flexibility index (Phi) is 3.56. The second kappa shape index (κ2) is 5.25. The van der Waals surface area contributed by atoms with E-state index in [-0.39, 0.29) is 21.9 Å². The first-order valence-electron chi connectivity index (χ1n) is 5.69. The highest BCUT2D eigenvalue weighted by Crippen LogP contribution is 2.35. The highest BCUT2D eigenvalue weighted by Gasteiger charge is 2.19. The third-order valence-corrected chi connectivity index (χ3v) is 4.74. The molecular formula is C12H8Cl2N2O4S. The van der Waals surface area contributed by atoms with E-state index in [1.807, 2.05) is 0 Å². The number of fused-ring (bicyclic) bond motifs is 1. The van der Waals surface area contributed by atoms with Crippen LogP contribution in [0.25, 0.3) is 0 Å². The fourth-order valence-corrected chi connectivity index (χ4v) is 3.08. The van der Waals surface area contributed by atoms with Crippen molar-refractivity contribution in [2.75, 3.05) is 11.5 Å². The summed E-state index contributed by atoms with van der Waals surface area (Å²) in [5.41, 5.74) is 0.338. The molecule has 0 aliphatic carbocycles. The zero-order valence-corrected chi connectivity index (χ0v) is 12.7. The number of hydrogen-bond acceptors (Lipinski definition) is 5. The molecule has 0 spiro atoms. The molecule has 6 nitrogen and oxygen atoms in total. The molecule has 3 rings (SSSR count). The maximum atomic E-state index is 12.2. The first kappa shape index (κ1) is 14.2. The molecule has 0 atom stereocenters. The number of anilines is 1. The Morgan fingerprint density at radius 2 is 1.90 bits per heavy atom. The predicted molar refractivity (Wildman–Crippen MR) is 77.6 cm³/mol. The molecule has 0 saturated heterocycles. The average Bonchev–Trinajstić information content (AvgIpc) is 2.88. The number of nitrogens with zero attached hydrogens (tertiary/aromatic N) is 1. The lowest BCUT2D eigenvalue weighted by molar-refractivity contribution is 0.174. The zero-order valence-electron chi connectivity index (χ0n) is 10.3. The summed E-state index contributed by atoms with van der Waals surface area (Å²) < 4.78 is 37.2. The van der Waals surface area contributed by atoms with Gasteiger partial charge >= 0.3 is 0 Å². The molecule has 1 aliphatic rings. The number of hydrogen-bond donors (Lipinski definition) is 1. The smallest absolute Gasteiger partial charge is 0.263 e. The van der Waals surface area contributed by atoms with E-state index in [1.165, 1.54) is 12.1 Å². The lowest BCUT2D eigenvalue weighted by Crippen LogP contribution is -2.13. The molecule has 2 aromatic rings. The summed E-state index contributed by atoms with van der Waals surface area (Å²) in [5.74, 6) is 1.04. The molecule has 1 aromatic heterocycles. The van der Waals surface area contributed by atoms with Crippen LogP contribution >= 0.6 is 23.2 Å². The lowest BCUT2D eigenvalue weighted by atomic mass is 10.3. The van der Waals surface area contributed by atoms with Gasteiger partial charge in [0.05, 0.1) is 10.7 Å². The second-order valence-corrected chi connectivity index (χ2v) is 6.56. The SMILES string of the molecule is O=S(=O)(Nc1ccc2c(c1)OCO2)c1cnc(Cl)c(Cl)c1. The monoisotopic (exact) mass is 346 g/mol. The van der Waals surface area contributed by atoms with Crippen LogP contribution in [0.2, 0.25) is 10.2 Å². The molecular weight excluding hydrogens is 339 g/mol. The van der Waals surface area contributed by atoms with Gasteiger partial charge in [-0.05, 0) is 18.2 Å². The van der Waals surface area contributed by atoms with Crippen molar-refractivity contribution in [2.24, 2.45) is 0 Å². The molecule has 0 radical (unpaired) electrons. The molecule has 0 unspecified atom stereocenters. The van der Waals surface area contributed by atoms with E-state index in [0.29, 0.717) is 17.2 Å².